The Balaban J connectivity index is 2.88. The van der Waals surface area contributed by atoms with Crippen molar-refractivity contribution in [2.45, 2.75) is 13.3 Å². The number of aryl methyl sites for hydroxylation is 1. The molecule has 0 aliphatic carbocycles. The molecule has 0 radical (unpaired) electrons. The fourth-order valence-corrected chi connectivity index (χ4v) is 1.35. The third-order valence-electron chi connectivity index (χ3n) is 2.26. The van der Waals surface area contributed by atoms with Crippen molar-refractivity contribution in [2.24, 2.45) is 0 Å². The zero-order chi connectivity index (χ0) is 12.0. The Morgan fingerprint density at radius 2 is 2.19 bits per heavy atom. The lowest BCUT2D eigenvalue weighted by molar-refractivity contribution is -0.115. The predicted molar refractivity (Wildman–Crippen MR) is 61.7 cm³/mol. The highest BCUT2D eigenvalue weighted by Crippen LogP contribution is 2.09. The van der Waals surface area contributed by atoms with E-state index in [2.05, 4.69) is 5.92 Å². The Morgan fingerprint density at radius 1 is 1.50 bits per heavy atom. The summed E-state index contributed by atoms with van der Waals surface area (Å²) in [4.78, 5) is 23.8. The maximum Gasteiger partial charge on any atom is 0.260 e. The molecule has 82 valence electrons. The molecule has 0 saturated carbocycles. The van der Waals surface area contributed by atoms with Gasteiger partial charge in [0.1, 0.15) is 0 Å². The minimum Gasteiger partial charge on any atom is -0.280 e. The standard InChI is InChI=1S/C13H13NO2/c1-3-4-9-14(10-15)13(16)12-8-6-5-7-11(12)2/h1,5-8,10H,4,9H2,2H3. The molecule has 0 atom stereocenters. The van der Waals surface area contributed by atoms with Crippen LogP contribution in [-0.4, -0.2) is 23.8 Å². The Labute approximate surface area is 95.1 Å². The van der Waals surface area contributed by atoms with Crippen molar-refractivity contribution in [1.82, 2.24) is 4.90 Å². The molecule has 0 saturated heterocycles. The Kier molecular flexibility index (Phi) is 4.28. The number of imide groups is 1. The van der Waals surface area contributed by atoms with Crippen molar-refractivity contribution in [2.75, 3.05) is 6.54 Å². The lowest BCUT2D eigenvalue weighted by Gasteiger charge is -2.15. The van der Waals surface area contributed by atoms with Crippen LogP contribution in [0.15, 0.2) is 24.3 Å². The van der Waals surface area contributed by atoms with Crippen LogP contribution < -0.4 is 0 Å². The van der Waals surface area contributed by atoms with E-state index in [1.165, 1.54) is 0 Å². The maximum absolute atomic E-state index is 11.9. The first-order chi connectivity index (χ1) is 7.70. The fraction of sp³-hybridized carbons (Fsp3) is 0.231. The van der Waals surface area contributed by atoms with Crippen LogP contribution in [-0.2, 0) is 4.79 Å². The Bertz CT molecular complexity index is 432. The third kappa shape index (κ3) is 2.71. The summed E-state index contributed by atoms with van der Waals surface area (Å²) in [6.45, 7) is 2.09. The molecule has 16 heavy (non-hydrogen) atoms. The summed E-state index contributed by atoms with van der Waals surface area (Å²) in [5.74, 6) is 2.10. The van der Waals surface area contributed by atoms with Crippen molar-refractivity contribution in [3.05, 3.63) is 35.4 Å². The number of carbonyl (C=O) groups is 2. The van der Waals surface area contributed by atoms with Crippen LogP contribution in [0.25, 0.3) is 0 Å². The number of rotatable bonds is 4. The van der Waals surface area contributed by atoms with Crippen LogP contribution in [0.5, 0.6) is 0 Å². The molecule has 2 amide bonds. The molecule has 0 N–H and O–H groups in total. The number of terminal acetylenes is 1. The van der Waals surface area contributed by atoms with Gasteiger partial charge in [0.05, 0.1) is 0 Å². The van der Waals surface area contributed by atoms with Crippen LogP contribution in [0.3, 0.4) is 0 Å². The van der Waals surface area contributed by atoms with Gasteiger partial charge >= 0.3 is 0 Å². The van der Waals surface area contributed by atoms with Gasteiger partial charge in [0.25, 0.3) is 5.91 Å². The Morgan fingerprint density at radius 3 is 2.75 bits per heavy atom. The quantitative estimate of drug-likeness (QED) is 0.565. The van der Waals surface area contributed by atoms with Crippen LogP contribution in [0.1, 0.15) is 22.3 Å². The summed E-state index contributed by atoms with van der Waals surface area (Å²) in [6, 6.07) is 7.14. The van der Waals surface area contributed by atoms with Crippen molar-refractivity contribution in [3.8, 4) is 12.3 Å². The first kappa shape index (κ1) is 12.0. The molecule has 0 aliphatic heterocycles. The largest absolute Gasteiger partial charge is 0.280 e. The molecule has 0 aromatic heterocycles. The van der Waals surface area contributed by atoms with E-state index in [-0.39, 0.29) is 12.5 Å². The minimum absolute atomic E-state index is 0.257. The molecule has 1 aromatic rings. The summed E-state index contributed by atoms with van der Waals surface area (Å²) >= 11 is 0. The normalized spacial score (nSPS) is 9.25. The van der Waals surface area contributed by atoms with Gasteiger partial charge in [-0.3, -0.25) is 14.5 Å². The summed E-state index contributed by atoms with van der Waals surface area (Å²) in [5.41, 5.74) is 1.38. The van der Waals surface area contributed by atoms with Gasteiger partial charge in [-0.15, -0.1) is 12.3 Å². The first-order valence-electron chi connectivity index (χ1n) is 4.96. The first-order valence-corrected chi connectivity index (χ1v) is 4.96. The molecule has 0 fully saturated rings. The highest BCUT2D eigenvalue weighted by molar-refractivity contribution is 6.00. The number of amides is 2. The predicted octanol–water partition coefficient (Wildman–Crippen LogP) is 1.62. The summed E-state index contributed by atoms with van der Waals surface area (Å²) < 4.78 is 0. The summed E-state index contributed by atoms with van der Waals surface area (Å²) in [6.07, 6.45) is 5.99. The lowest BCUT2D eigenvalue weighted by atomic mass is 10.1. The minimum atomic E-state index is -0.302. The highest BCUT2D eigenvalue weighted by atomic mass is 16.2. The number of hydrogen-bond donors (Lipinski definition) is 0. The molecule has 0 bridgehead atoms. The number of hydrogen-bond acceptors (Lipinski definition) is 2. The van der Waals surface area contributed by atoms with Gasteiger partial charge in [0.2, 0.25) is 6.41 Å². The van der Waals surface area contributed by atoms with Crippen LogP contribution in [0, 0.1) is 19.3 Å². The average molecular weight is 215 g/mol. The fourth-order valence-electron chi connectivity index (χ4n) is 1.35. The second kappa shape index (κ2) is 5.72. The van der Waals surface area contributed by atoms with E-state index in [0.717, 1.165) is 10.5 Å². The van der Waals surface area contributed by atoms with Crippen molar-refractivity contribution >= 4 is 12.3 Å². The number of nitrogens with zero attached hydrogens (tertiary/aromatic N) is 1. The van der Waals surface area contributed by atoms with Gasteiger partial charge in [-0.25, -0.2) is 0 Å². The molecule has 1 aromatic carbocycles. The molecule has 0 spiro atoms. The molecule has 0 unspecified atom stereocenters. The van der Waals surface area contributed by atoms with Gasteiger partial charge < -0.3 is 0 Å². The molecular weight excluding hydrogens is 202 g/mol. The van der Waals surface area contributed by atoms with Crippen LogP contribution in [0.2, 0.25) is 0 Å². The topological polar surface area (TPSA) is 37.4 Å². The van der Waals surface area contributed by atoms with E-state index < -0.39 is 0 Å². The van der Waals surface area contributed by atoms with Crippen molar-refractivity contribution in [1.29, 1.82) is 0 Å². The van der Waals surface area contributed by atoms with Gasteiger partial charge in [-0.05, 0) is 18.6 Å². The van der Waals surface area contributed by atoms with E-state index in [1.54, 1.807) is 12.1 Å². The van der Waals surface area contributed by atoms with E-state index in [4.69, 9.17) is 6.42 Å². The van der Waals surface area contributed by atoms with Crippen molar-refractivity contribution in [3.63, 3.8) is 0 Å². The molecule has 3 heteroatoms. The number of benzene rings is 1. The molecular formula is C13H13NO2. The molecule has 1 rings (SSSR count). The lowest BCUT2D eigenvalue weighted by Crippen LogP contribution is -2.30. The summed E-state index contributed by atoms with van der Waals surface area (Å²) in [7, 11) is 0. The monoisotopic (exact) mass is 215 g/mol. The van der Waals surface area contributed by atoms with Gasteiger partial charge in [-0.1, -0.05) is 18.2 Å². The molecule has 0 heterocycles. The Hall–Kier alpha value is -2.08. The maximum atomic E-state index is 11.9. The smallest absolute Gasteiger partial charge is 0.260 e. The van der Waals surface area contributed by atoms with E-state index in [0.29, 0.717) is 18.4 Å². The van der Waals surface area contributed by atoms with Crippen molar-refractivity contribution < 1.29 is 9.59 Å². The number of carbonyl (C=O) groups excluding carboxylic acids is 2. The average Bonchev–Trinajstić information content (AvgIpc) is 2.30. The van der Waals surface area contributed by atoms with Crippen LogP contribution >= 0.6 is 0 Å². The van der Waals surface area contributed by atoms with E-state index in [1.807, 2.05) is 19.1 Å². The zero-order valence-electron chi connectivity index (χ0n) is 9.14. The highest BCUT2D eigenvalue weighted by Gasteiger charge is 2.15. The van der Waals surface area contributed by atoms with Gasteiger partial charge in [0, 0.05) is 18.5 Å². The second-order valence-electron chi connectivity index (χ2n) is 3.37. The summed E-state index contributed by atoms with van der Waals surface area (Å²) in [5, 5.41) is 0. The van der Waals surface area contributed by atoms with E-state index in [9.17, 15) is 9.59 Å². The zero-order valence-corrected chi connectivity index (χ0v) is 9.14. The van der Waals surface area contributed by atoms with Gasteiger partial charge in [0.15, 0.2) is 0 Å². The molecule has 3 nitrogen and oxygen atoms in total. The molecule has 0 aliphatic rings. The van der Waals surface area contributed by atoms with Crippen LogP contribution in [0.4, 0.5) is 0 Å². The third-order valence-corrected chi connectivity index (χ3v) is 2.26. The SMILES string of the molecule is C#CCCN(C=O)C(=O)c1ccccc1C. The van der Waals surface area contributed by atoms with Gasteiger partial charge in [-0.2, -0.15) is 0 Å². The van der Waals surface area contributed by atoms with E-state index >= 15 is 0 Å². The second-order valence-corrected chi connectivity index (χ2v) is 3.37.